The van der Waals surface area contributed by atoms with E-state index in [4.69, 9.17) is 9.47 Å². The first-order valence-corrected chi connectivity index (χ1v) is 8.97. The van der Waals surface area contributed by atoms with Gasteiger partial charge >= 0.3 is 5.97 Å². The van der Waals surface area contributed by atoms with E-state index in [1.165, 1.54) is 24.7 Å². The van der Waals surface area contributed by atoms with Crippen LogP contribution in [0.3, 0.4) is 0 Å². The quantitative estimate of drug-likeness (QED) is 0.372. The summed E-state index contributed by atoms with van der Waals surface area (Å²) in [5.41, 5.74) is 2.65. The van der Waals surface area contributed by atoms with E-state index in [0.29, 0.717) is 12.2 Å². The van der Waals surface area contributed by atoms with Gasteiger partial charge < -0.3 is 14.5 Å². The van der Waals surface area contributed by atoms with Gasteiger partial charge in [0.15, 0.2) is 17.3 Å². The highest BCUT2D eigenvalue weighted by Crippen LogP contribution is 2.27. The summed E-state index contributed by atoms with van der Waals surface area (Å²) in [5, 5.41) is 0. The Morgan fingerprint density at radius 3 is 2.41 bits per heavy atom. The second-order valence-corrected chi connectivity index (χ2v) is 6.29. The fourth-order valence-electron chi connectivity index (χ4n) is 2.77. The van der Waals surface area contributed by atoms with Gasteiger partial charge in [-0.25, -0.2) is 14.2 Å². The van der Waals surface area contributed by atoms with Crippen LogP contribution in [-0.2, 0) is 6.61 Å². The van der Waals surface area contributed by atoms with Crippen LogP contribution in [0.1, 0.15) is 16.1 Å². The Morgan fingerprint density at radius 2 is 1.72 bits per heavy atom. The number of hydrogen-bond donors (Lipinski definition) is 1. The topological polar surface area (TPSA) is 64.2 Å². The maximum Gasteiger partial charge on any atom is 0.364 e. The molecule has 0 unspecified atom stereocenters. The summed E-state index contributed by atoms with van der Waals surface area (Å²) in [5.74, 6) is -0.777. The van der Waals surface area contributed by atoms with Crippen LogP contribution in [0.25, 0.3) is 11.1 Å². The third-order valence-electron chi connectivity index (χ3n) is 4.28. The Bertz CT molecular complexity index is 1090. The van der Waals surface area contributed by atoms with Gasteiger partial charge in [0.25, 0.3) is 0 Å². The number of imidazole rings is 1. The van der Waals surface area contributed by atoms with Crippen molar-refractivity contribution in [3.05, 3.63) is 102 Å². The van der Waals surface area contributed by atoms with E-state index in [1.807, 2.05) is 54.6 Å². The Kier molecular flexibility index (Phi) is 5.33. The van der Waals surface area contributed by atoms with Crippen molar-refractivity contribution in [1.82, 2.24) is 9.97 Å². The number of nitrogens with zero attached hydrogens (tertiary/aromatic N) is 1. The molecule has 0 amide bonds. The number of halogens is 1. The number of carbonyl (C=O) groups is 1. The summed E-state index contributed by atoms with van der Waals surface area (Å²) in [6.07, 6.45) is 2.74. The van der Waals surface area contributed by atoms with E-state index in [2.05, 4.69) is 9.97 Å². The minimum atomic E-state index is -0.724. The van der Waals surface area contributed by atoms with Crippen LogP contribution < -0.4 is 9.47 Å². The van der Waals surface area contributed by atoms with E-state index in [-0.39, 0.29) is 11.4 Å². The lowest BCUT2D eigenvalue weighted by Crippen LogP contribution is -2.09. The normalized spacial score (nSPS) is 10.5. The monoisotopic (exact) mass is 388 g/mol. The fourth-order valence-corrected chi connectivity index (χ4v) is 2.77. The molecule has 1 heterocycles. The first kappa shape index (κ1) is 18.4. The summed E-state index contributed by atoms with van der Waals surface area (Å²) in [4.78, 5) is 18.3. The molecule has 5 nitrogen and oxygen atoms in total. The number of nitrogens with one attached hydrogen (secondary N) is 1. The zero-order valence-electron chi connectivity index (χ0n) is 15.3. The third-order valence-corrected chi connectivity index (χ3v) is 4.28. The number of H-pyrrole nitrogens is 1. The average Bonchev–Trinajstić information content (AvgIpc) is 3.30. The Hall–Kier alpha value is -3.93. The summed E-state index contributed by atoms with van der Waals surface area (Å²) in [6.45, 7) is 0.477. The Labute approximate surface area is 166 Å². The maximum absolute atomic E-state index is 14.4. The number of carbonyl (C=O) groups excluding carboxylic acids is 1. The van der Waals surface area contributed by atoms with Crippen LogP contribution >= 0.6 is 0 Å². The van der Waals surface area contributed by atoms with Crippen molar-refractivity contribution in [2.24, 2.45) is 0 Å². The van der Waals surface area contributed by atoms with Gasteiger partial charge in [0, 0.05) is 6.20 Å². The van der Waals surface area contributed by atoms with Gasteiger partial charge in [-0.15, -0.1) is 0 Å². The van der Waals surface area contributed by atoms with Crippen molar-refractivity contribution < 1.29 is 18.7 Å². The largest absolute Gasteiger partial charge is 0.489 e. The molecule has 1 aromatic heterocycles. The minimum Gasteiger partial charge on any atom is -0.489 e. The third kappa shape index (κ3) is 4.50. The van der Waals surface area contributed by atoms with E-state index < -0.39 is 11.8 Å². The first-order valence-electron chi connectivity index (χ1n) is 8.97. The molecule has 0 saturated heterocycles. The molecule has 4 aromatic rings. The highest BCUT2D eigenvalue weighted by atomic mass is 19.1. The number of aromatic amines is 1. The molecule has 0 saturated carbocycles. The van der Waals surface area contributed by atoms with Crippen molar-refractivity contribution in [3.8, 4) is 22.6 Å². The van der Waals surface area contributed by atoms with Gasteiger partial charge in [-0.05, 0) is 41.0 Å². The van der Waals surface area contributed by atoms with Crippen LogP contribution in [0.4, 0.5) is 4.39 Å². The summed E-state index contributed by atoms with van der Waals surface area (Å²) >= 11 is 0. The molecule has 4 rings (SSSR count). The summed E-state index contributed by atoms with van der Waals surface area (Å²) in [6, 6.07) is 21.7. The molecule has 0 aliphatic rings. The Morgan fingerprint density at radius 1 is 0.966 bits per heavy atom. The van der Waals surface area contributed by atoms with Crippen molar-refractivity contribution in [1.29, 1.82) is 0 Å². The zero-order chi connectivity index (χ0) is 20.1. The molecule has 144 valence electrons. The maximum atomic E-state index is 14.4. The molecule has 0 spiro atoms. The van der Waals surface area contributed by atoms with Gasteiger partial charge in [0.05, 0.1) is 6.33 Å². The second kappa shape index (κ2) is 8.39. The van der Waals surface area contributed by atoms with Crippen LogP contribution in [0, 0.1) is 5.82 Å². The van der Waals surface area contributed by atoms with Crippen molar-refractivity contribution in [3.63, 3.8) is 0 Å². The Balaban J connectivity index is 1.43. The van der Waals surface area contributed by atoms with Gasteiger partial charge in [-0.1, -0.05) is 48.5 Å². The van der Waals surface area contributed by atoms with Gasteiger partial charge in [-0.2, -0.15) is 0 Å². The fraction of sp³-hybridized carbons (Fsp3) is 0.0435. The number of hydrogen-bond acceptors (Lipinski definition) is 4. The van der Waals surface area contributed by atoms with Crippen molar-refractivity contribution in [2.75, 3.05) is 0 Å². The number of rotatable bonds is 6. The molecular weight excluding hydrogens is 371 g/mol. The number of esters is 1. The molecule has 3 aromatic carbocycles. The van der Waals surface area contributed by atoms with Crippen LogP contribution in [-0.4, -0.2) is 15.9 Å². The predicted molar refractivity (Wildman–Crippen MR) is 106 cm³/mol. The van der Waals surface area contributed by atoms with E-state index in [0.717, 1.165) is 16.9 Å². The smallest absolute Gasteiger partial charge is 0.364 e. The second-order valence-electron chi connectivity index (χ2n) is 6.29. The molecular formula is C23H17FN2O3. The van der Waals surface area contributed by atoms with E-state index in [1.54, 1.807) is 6.07 Å². The predicted octanol–water partition coefficient (Wildman–Crippen LogP) is 5.01. The van der Waals surface area contributed by atoms with Gasteiger partial charge in [0.1, 0.15) is 12.4 Å². The van der Waals surface area contributed by atoms with E-state index >= 15 is 0 Å². The summed E-state index contributed by atoms with van der Waals surface area (Å²) in [7, 11) is 0. The first-order chi connectivity index (χ1) is 14.2. The molecule has 6 heteroatoms. The highest BCUT2D eigenvalue weighted by molar-refractivity contribution is 5.88. The average molecular weight is 388 g/mol. The van der Waals surface area contributed by atoms with Crippen molar-refractivity contribution in [2.45, 2.75) is 6.61 Å². The lowest BCUT2D eigenvalue weighted by atomic mass is 10.1. The molecule has 1 N–H and O–H groups in total. The molecule has 0 aliphatic heterocycles. The molecule has 0 radical (unpaired) electrons. The van der Waals surface area contributed by atoms with Gasteiger partial charge in [-0.3, -0.25) is 0 Å². The molecule has 29 heavy (non-hydrogen) atoms. The van der Waals surface area contributed by atoms with Crippen LogP contribution in [0.5, 0.6) is 11.5 Å². The SMILES string of the molecule is O=C(Oc1ccc(-c2ccc(OCc3ccccc3)cc2)cc1F)c1c[nH]cn1. The van der Waals surface area contributed by atoms with Gasteiger partial charge in [0.2, 0.25) is 0 Å². The number of ether oxygens (including phenoxy) is 2. The lowest BCUT2D eigenvalue weighted by molar-refractivity contribution is 0.0722. The number of aromatic nitrogens is 2. The lowest BCUT2D eigenvalue weighted by Gasteiger charge is -2.09. The molecule has 0 bridgehead atoms. The molecule has 0 aliphatic carbocycles. The van der Waals surface area contributed by atoms with E-state index in [9.17, 15) is 9.18 Å². The molecule has 0 fully saturated rings. The van der Waals surface area contributed by atoms with Crippen LogP contribution in [0.15, 0.2) is 85.3 Å². The zero-order valence-corrected chi connectivity index (χ0v) is 15.3. The highest BCUT2D eigenvalue weighted by Gasteiger charge is 2.14. The number of benzene rings is 3. The van der Waals surface area contributed by atoms with Crippen LogP contribution in [0.2, 0.25) is 0 Å². The summed E-state index contributed by atoms with van der Waals surface area (Å²) < 4.78 is 25.2. The standard InChI is InChI=1S/C23H17FN2O3/c24-20-12-18(8-11-22(20)29-23(27)21-13-25-15-26-21)17-6-9-19(10-7-17)28-14-16-4-2-1-3-5-16/h1-13,15H,14H2,(H,25,26). The minimum absolute atomic E-state index is 0.0829. The van der Waals surface area contributed by atoms with Crippen molar-refractivity contribution >= 4 is 5.97 Å². The molecule has 0 atom stereocenters.